The average Bonchev–Trinajstić information content (AvgIpc) is 2.39. The molecule has 2 rings (SSSR count). The zero-order chi connectivity index (χ0) is 14.4. The van der Waals surface area contributed by atoms with Crippen molar-refractivity contribution >= 4 is 0 Å². The Hall–Kier alpha value is -0.380. The Balaban J connectivity index is 1.51. The molecule has 0 spiro atoms. The van der Waals surface area contributed by atoms with Crippen molar-refractivity contribution in [2.45, 2.75) is 52.1 Å². The molecule has 3 nitrogen and oxygen atoms in total. The molecular formula is C17H31NO2. The Morgan fingerprint density at radius 2 is 2.10 bits per heavy atom. The lowest BCUT2D eigenvalue weighted by atomic mass is 9.70. The maximum absolute atomic E-state index is 9.93. The number of ether oxygens (including phenoxy) is 1. The van der Waals surface area contributed by atoms with Gasteiger partial charge in [0.05, 0.1) is 19.3 Å². The van der Waals surface area contributed by atoms with Gasteiger partial charge >= 0.3 is 0 Å². The summed E-state index contributed by atoms with van der Waals surface area (Å²) in [6.07, 6.45) is 10.4. The second-order valence-corrected chi connectivity index (χ2v) is 7.17. The first kappa shape index (κ1) is 16.0. The van der Waals surface area contributed by atoms with Crippen LogP contribution in [0.4, 0.5) is 0 Å². The Bertz CT molecular complexity index is 312. The molecular weight excluding hydrogens is 250 g/mol. The van der Waals surface area contributed by atoms with Crippen LogP contribution in [0.5, 0.6) is 0 Å². The van der Waals surface area contributed by atoms with Gasteiger partial charge in [-0.2, -0.15) is 0 Å². The summed E-state index contributed by atoms with van der Waals surface area (Å²) >= 11 is 0. The predicted molar refractivity (Wildman–Crippen MR) is 82.7 cm³/mol. The fraction of sp³-hybridized carbons (Fsp3) is 0.882. The summed E-state index contributed by atoms with van der Waals surface area (Å²) in [5, 5.41) is 13.3. The molecule has 0 aromatic carbocycles. The Kier molecular flexibility index (Phi) is 6.06. The van der Waals surface area contributed by atoms with Crippen LogP contribution in [-0.4, -0.2) is 37.5 Å². The smallest absolute Gasteiger partial charge is 0.0897 e. The Morgan fingerprint density at radius 3 is 2.75 bits per heavy atom. The van der Waals surface area contributed by atoms with Crippen LogP contribution in [0, 0.1) is 17.3 Å². The molecule has 2 aliphatic carbocycles. The van der Waals surface area contributed by atoms with Crippen LogP contribution in [0.1, 0.15) is 46.0 Å². The zero-order valence-corrected chi connectivity index (χ0v) is 13.1. The molecule has 0 aliphatic heterocycles. The van der Waals surface area contributed by atoms with Gasteiger partial charge in [0.2, 0.25) is 0 Å². The van der Waals surface area contributed by atoms with Gasteiger partial charge in [-0.25, -0.2) is 0 Å². The quantitative estimate of drug-likeness (QED) is 0.672. The summed E-state index contributed by atoms with van der Waals surface area (Å²) in [4.78, 5) is 0. The van der Waals surface area contributed by atoms with Gasteiger partial charge in [0.25, 0.3) is 0 Å². The largest absolute Gasteiger partial charge is 0.389 e. The maximum Gasteiger partial charge on any atom is 0.0897 e. The van der Waals surface area contributed by atoms with Crippen LogP contribution in [0.25, 0.3) is 0 Å². The topological polar surface area (TPSA) is 41.5 Å². The van der Waals surface area contributed by atoms with Crippen LogP contribution in [0.2, 0.25) is 0 Å². The van der Waals surface area contributed by atoms with Crippen molar-refractivity contribution in [3.8, 4) is 0 Å². The minimum absolute atomic E-state index is 0.381. The number of rotatable bonds is 8. The van der Waals surface area contributed by atoms with Crippen molar-refractivity contribution in [1.82, 2.24) is 5.32 Å². The molecule has 116 valence electrons. The highest BCUT2D eigenvalue weighted by atomic mass is 16.5. The van der Waals surface area contributed by atoms with Gasteiger partial charge in [0, 0.05) is 13.1 Å². The van der Waals surface area contributed by atoms with E-state index < -0.39 is 0 Å². The van der Waals surface area contributed by atoms with Crippen LogP contribution in [-0.2, 0) is 4.74 Å². The zero-order valence-electron chi connectivity index (χ0n) is 13.1. The molecule has 2 aliphatic rings. The minimum atomic E-state index is -0.381. The Labute approximate surface area is 123 Å². The summed E-state index contributed by atoms with van der Waals surface area (Å²) in [5.74, 6) is 1.32. The van der Waals surface area contributed by atoms with Gasteiger partial charge in [-0.05, 0) is 42.9 Å². The first-order valence-corrected chi connectivity index (χ1v) is 8.21. The number of hydrogen-bond donors (Lipinski definition) is 2. The average molecular weight is 281 g/mol. The molecule has 0 aromatic rings. The molecule has 3 unspecified atom stereocenters. The van der Waals surface area contributed by atoms with Gasteiger partial charge in [-0.1, -0.05) is 32.4 Å². The van der Waals surface area contributed by atoms with Gasteiger partial charge in [-0.15, -0.1) is 0 Å². The third-order valence-corrected chi connectivity index (χ3v) is 5.05. The highest BCUT2D eigenvalue weighted by Gasteiger charge is 2.31. The molecule has 0 amide bonds. The molecule has 3 heteroatoms. The summed E-state index contributed by atoms with van der Waals surface area (Å²) in [5.41, 5.74) is 0.477. The number of allylic oxidation sites excluding steroid dienone is 2. The Morgan fingerprint density at radius 1 is 1.35 bits per heavy atom. The number of aliphatic hydroxyl groups excluding tert-OH is 1. The number of aliphatic hydroxyl groups is 1. The molecule has 0 bridgehead atoms. The summed E-state index contributed by atoms with van der Waals surface area (Å²) in [6.45, 7) is 7.51. The molecule has 3 atom stereocenters. The summed E-state index contributed by atoms with van der Waals surface area (Å²) in [6, 6.07) is 0. The standard InChI is InChI=1S/C17H31NO2/c1-14-6-3-4-7-15(14)11-20-12-16(19)10-18-13-17(2)8-5-9-17/h3-4,14-16,18-19H,5-13H2,1-2H3. The fourth-order valence-corrected chi connectivity index (χ4v) is 3.15. The third-order valence-electron chi connectivity index (χ3n) is 5.05. The van der Waals surface area contributed by atoms with Crippen molar-refractivity contribution in [3.05, 3.63) is 12.2 Å². The van der Waals surface area contributed by atoms with Crippen LogP contribution in [0.15, 0.2) is 12.2 Å². The highest BCUT2D eigenvalue weighted by molar-refractivity contribution is 4.93. The van der Waals surface area contributed by atoms with E-state index in [0.29, 0.717) is 30.4 Å². The molecule has 1 saturated carbocycles. The fourth-order valence-electron chi connectivity index (χ4n) is 3.15. The van der Waals surface area contributed by atoms with E-state index in [4.69, 9.17) is 4.74 Å². The van der Waals surface area contributed by atoms with E-state index in [1.165, 1.54) is 19.3 Å². The summed E-state index contributed by atoms with van der Waals surface area (Å²) < 4.78 is 5.70. The summed E-state index contributed by atoms with van der Waals surface area (Å²) in [7, 11) is 0. The SMILES string of the molecule is CC1CC=CCC1COCC(O)CNCC1(C)CCC1. The van der Waals surface area contributed by atoms with Crippen molar-refractivity contribution in [2.75, 3.05) is 26.3 Å². The van der Waals surface area contributed by atoms with Crippen molar-refractivity contribution in [3.63, 3.8) is 0 Å². The van der Waals surface area contributed by atoms with E-state index in [1.54, 1.807) is 0 Å². The van der Waals surface area contributed by atoms with Crippen molar-refractivity contribution in [1.29, 1.82) is 0 Å². The molecule has 0 saturated heterocycles. The van der Waals surface area contributed by atoms with Crippen molar-refractivity contribution < 1.29 is 9.84 Å². The number of hydrogen-bond acceptors (Lipinski definition) is 3. The van der Waals surface area contributed by atoms with E-state index >= 15 is 0 Å². The van der Waals surface area contributed by atoms with Crippen LogP contribution < -0.4 is 5.32 Å². The molecule has 1 fully saturated rings. The molecule has 2 N–H and O–H groups in total. The third kappa shape index (κ3) is 4.87. The highest BCUT2D eigenvalue weighted by Crippen LogP contribution is 2.39. The van der Waals surface area contributed by atoms with Crippen LogP contribution >= 0.6 is 0 Å². The lowest BCUT2D eigenvalue weighted by molar-refractivity contribution is 0.0110. The lowest BCUT2D eigenvalue weighted by Crippen LogP contribution is -2.41. The first-order chi connectivity index (χ1) is 9.59. The normalized spacial score (nSPS) is 29.9. The van der Waals surface area contributed by atoms with E-state index in [1.807, 2.05) is 0 Å². The van der Waals surface area contributed by atoms with Gasteiger partial charge < -0.3 is 15.2 Å². The predicted octanol–water partition coefficient (Wildman–Crippen LogP) is 2.75. The van der Waals surface area contributed by atoms with E-state index in [2.05, 4.69) is 31.3 Å². The van der Waals surface area contributed by atoms with E-state index in [9.17, 15) is 5.11 Å². The molecule has 0 heterocycles. The van der Waals surface area contributed by atoms with Crippen LogP contribution in [0.3, 0.4) is 0 Å². The van der Waals surface area contributed by atoms with Gasteiger partial charge in [0.15, 0.2) is 0 Å². The van der Waals surface area contributed by atoms with E-state index in [-0.39, 0.29) is 6.10 Å². The first-order valence-electron chi connectivity index (χ1n) is 8.21. The molecule has 0 aromatic heterocycles. The maximum atomic E-state index is 9.93. The van der Waals surface area contributed by atoms with Gasteiger partial charge in [-0.3, -0.25) is 0 Å². The monoisotopic (exact) mass is 281 g/mol. The van der Waals surface area contributed by atoms with Gasteiger partial charge in [0.1, 0.15) is 0 Å². The second kappa shape index (κ2) is 7.58. The van der Waals surface area contributed by atoms with Crippen molar-refractivity contribution in [2.24, 2.45) is 17.3 Å². The van der Waals surface area contributed by atoms with E-state index in [0.717, 1.165) is 26.0 Å². The lowest BCUT2D eigenvalue weighted by Gasteiger charge is -2.38. The second-order valence-electron chi connectivity index (χ2n) is 7.17. The molecule has 0 radical (unpaired) electrons. The molecule has 20 heavy (non-hydrogen) atoms. The number of nitrogens with one attached hydrogen (secondary N) is 1. The minimum Gasteiger partial charge on any atom is -0.389 e.